The van der Waals surface area contributed by atoms with E-state index in [9.17, 15) is 4.79 Å². The van der Waals surface area contributed by atoms with E-state index in [1.165, 1.54) is 7.11 Å². The van der Waals surface area contributed by atoms with Gasteiger partial charge in [0.15, 0.2) is 0 Å². The van der Waals surface area contributed by atoms with Gasteiger partial charge in [-0.25, -0.2) is 4.79 Å². The summed E-state index contributed by atoms with van der Waals surface area (Å²) in [6.07, 6.45) is -1.09. The molecule has 1 aromatic carbocycles. The van der Waals surface area contributed by atoms with Gasteiger partial charge in [-0.05, 0) is 24.3 Å². The minimum absolute atomic E-state index is 0.0572. The lowest BCUT2D eigenvalue weighted by atomic mass is 10.3. The lowest BCUT2D eigenvalue weighted by Gasteiger charge is -2.18. The van der Waals surface area contributed by atoms with Gasteiger partial charge in [0.25, 0.3) is 0 Å². The summed E-state index contributed by atoms with van der Waals surface area (Å²) in [6.45, 7) is -0.153. The molecule has 0 bridgehead atoms. The Kier molecular flexibility index (Phi) is 3.93. The number of ether oxygens (including phenoxy) is 1. The van der Waals surface area contributed by atoms with E-state index in [1.807, 2.05) is 0 Å². The number of rotatable bonds is 4. The molecule has 0 fully saturated rings. The molecule has 0 saturated carbocycles. The van der Waals surface area contributed by atoms with Crippen LogP contribution in [-0.4, -0.2) is 36.6 Å². The SMILES string of the molecule is COc1ccc(N(CCO)C(=O)O)cc1. The molecule has 0 radical (unpaired) electrons. The van der Waals surface area contributed by atoms with Crippen molar-refractivity contribution in [3.63, 3.8) is 0 Å². The van der Waals surface area contributed by atoms with Crippen molar-refractivity contribution >= 4 is 11.8 Å². The average Bonchev–Trinajstić information content (AvgIpc) is 2.26. The Morgan fingerprint density at radius 3 is 2.40 bits per heavy atom. The number of anilines is 1. The highest BCUT2D eigenvalue weighted by molar-refractivity contribution is 5.86. The maximum atomic E-state index is 10.8. The molecule has 0 aliphatic carbocycles. The first-order valence-corrected chi connectivity index (χ1v) is 4.44. The van der Waals surface area contributed by atoms with E-state index in [1.54, 1.807) is 24.3 Å². The molecule has 0 unspecified atom stereocenters. The summed E-state index contributed by atoms with van der Waals surface area (Å²) in [5, 5.41) is 17.6. The highest BCUT2D eigenvalue weighted by atomic mass is 16.5. The van der Waals surface area contributed by atoms with Crippen LogP contribution in [0, 0.1) is 0 Å². The second-order valence-corrected chi connectivity index (χ2v) is 2.86. The van der Waals surface area contributed by atoms with Crippen molar-refractivity contribution in [3.05, 3.63) is 24.3 Å². The molecule has 0 aromatic heterocycles. The van der Waals surface area contributed by atoms with Gasteiger partial charge in [0.2, 0.25) is 0 Å². The first kappa shape index (κ1) is 11.3. The van der Waals surface area contributed by atoms with Crippen LogP contribution in [-0.2, 0) is 0 Å². The molecule has 2 N–H and O–H groups in total. The van der Waals surface area contributed by atoms with Crippen molar-refractivity contribution in [1.29, 1.82) is 0 Å². The summed E-state index contributed by atoms with van der Waals surface area (Å²) in [6, 6.07) is 6.59. The number of methoxy groups -OCH3 is 1. The first-order chi connectivity index (χ1) is 7.19. The van der Waals surface area contributed by atoms with E-state index >= 15 is 0 Å². The highest BCUT2D eigenvalue weighted by Crippen LogP contribution is 2.18. The number of carboxylic acid groups (broad SMARTS) is 1. The number of hydrogen-bond donors (Lipinski definition) is 2. The average molecular weight is 211 g/mol. The van der Waals surface area contributed by atoms with Crippen molar-refractivity contribution < 1.29 is 19.7 Å². The molecule has 0 saturated heterocycles. The van der Waals surface area contributed by atoms with E-state index in [0.29, 0.717) is 11.4 Å². The summed E-state index contributed by atoms with van der Waals surface area (Å²) in [4.78, 5) is 11.9. The topological polar surface area (TPSA) is 70.0 Å². The van der Waals surface area contributed by atoms with Crippen molar-refractivity contribution in [2.24, 2.45) is 0 Å². The number of aliphatic hydroxyl groups is 1. The summed E-state index contributed by atoms with van der Waals surface area (Å²) in [5.74, 6) is 0.660. The molecule has 0 atom stereocenters. The molecule has 0 heterocycles. The number of nitrogens with zero attached hydrogens (tertiary/aromatic N) is 1. The minimum atomic E-state index is -1.09. The van der Waals surface area contributed by atoms with E-state index in [2.05, 4.69) is 0 Å². The van der Waals surface area contributed by atoms with Crippen molar-refractivity contribution in [2.45, 2.75) is 0 Å². The number of benzene rings is 1. The monoisotopic (exact) mass is 211 g/mol. The number of amides is 1. The van der Waals surface area contributed by atoms with Crippen LogP contribution in [0.2, 0.25) is 0 Å². The molecular formula is C10H13NO4. The zero-order chi connectivity index (χ0) is 11.3. The Morgan fingerprint density at radius 1 is 1.40 bits per heavy atom. The Balaban J connectivity index is 2.86. The van der Waals surface area contributed by atoms with E-state index in [0.717, 1.165) is 4.90 Å². The van der Waals surface area contributed by atoms with E-state index in [-0.39, 0.29) is 13.2 Å². The largest absolute Gasteiger partial charge is 0.497 e. The molecule has 0 aliphatic heterocycles. The predicted molar refractivity (Wildman–Crippen MR) is 55.5 cm³/mol. The maximum absolute atomic E-state index is 10.8. The van der Waals surface area contributed by atoms with E-state index < -0.39 is 6.09 Å². The molecular weight excluding hydrogens is 198 g/mol. The normalized spacial score (nSPS) is 9.73. The second-order valence-electron chi connectivity index (χ2n) is 2.86. The van der Waals surface area contributed by atoms with Crippen molar-refractivity contribution in [3.8, 4) is 5.75 Å². The van der Waals surface area contributed by atoms with Crippen LogP contribution < -0.4 is 9.64 Å². The third kappa shape index (κ3) is 2.85. The molecule has 1 rings (SSSR count). The molecule has 5 nitrogen and oxygen atoms in total. The van der Waals surface area contributed by atoms with Gasteiger partial charge in [0.1, 0.15) is 5.75 Å². The van der Waals surface area contributed by atoms with Crippen LogP contribution in [0.3, 0.4) is 0 Å². The smallest absolute Gasteiger partial charge is 0.411 e. The number of hydrogen-bond acceptors (Lipinski definition) is 3. The van der Waals surface area contributed by atoms with Crippen LogP contribution in [0.4, 0.5) is 10.5 Å². The van der Waals surface area contributed by atoms with Gasteiger partial charge < -0.3 is 14.9 Å². The summed E-state index contributed by atoms with van der Waals surface area (Å²) < 4.78 is 4.95. The van der Waals surface area contributed by atoms with Crippen LogP contribution in [0.5, 0.6) is 5.75 Å². The van der Waals surface area contributed by atoms with Gasteiger partial charge in [-0.15, -0.1) is 0 Å². The van der Waals surface area contributed by atoms with Gasteiger partial charge >= 0.3 is 6.09 Å². The molecule has 0 spiro atoms. The highest BCUT2D eigenvalue weighted by Gasteiger charge is 2.12. The molecule has 0 aliphatic rings. The second kappa shape index (κ2) is 5.21. The summed E-state index contributed by atoms with van der Waals surface area (Å²) in [7, 11) is 1.54. The van der Waals surface area contributed by atoms with Gasteiger partial charge in [-0.3, -0.25) is 4.90 Å². The lowest BCUT2D eigenvalue weighted by molar-refractivity contribution is 0.198. The third-order valence-electron chi connectivity index (χ3n) is 1.94. The Morgan fingerprint density at radius 2 is 2.00 bits per heavy atom. The first-order valence-electron chi connectivity index (χ1n) is 4.44. The Hall–Kier alpha value is -1.75. The van der Waals surface area contributed by atoms with Crippen LogP contribution >= 0.6 is 0 Å². The minimum Gasteiger partial charge on any atom is -0.497 e. The fourth-order valence-electron chi connectivity index (χ4n) is 1.20. The lowest BCUT2D eigenvalue weighted by Crippen LogP contribution is -2.31. The predicted octanol–water partition coefficient (Wildman–Crippen LogP) is 1.17. The zero-order valence-electron chi connectivity index (χ0n) is 8.38. The fourth-order valence-corrected chi connectivity index (χ4v) is 1.20. The summed E-state index contributed by atoms with van der Waals surface area (Å²) >= 11 is 0. The standard InChI is InChI=1S/C10H13NO4/c1-15-9-4-2-8(3-5-9)11(6-7-12)10(13)14/h2-5,12H,6-7H2,1H3,(H,13,14). The van der Waals surface area contributed by atoms with Crippen LogP contribution in [0.15, 0.2) is 24.3 Å². The maximum Gasteiger partial charge on any atom is 0.411 e. The molecule has 1 aromatic rings. The quantitative estimate of drug-likeness (QED) is 0.784. The van der Waals surface area contributed by atoms with Crippen LogP contribution in [0.25, 0.3) is 0 Å². The molecule has 5 heteroatoms. The summed E-state index contributed by atoms with van der Waals surface area (Å²) in [5.41, 5.74) is 0.511. The van der Waals surface area contributed by atoms with Gasteiger partial charge in [-0.1, -0.05) is 0 Å². The molecule has 15 heavy (non-hydrogen) atoms. The Bertz CT molecular complexity index is 323. The molecule has 1 amide bonds. The number of carbonyl (C=O) groups is 1. The van der Waals surface area contributed by atoms with Gasteiger partial charge in [0, 0.05) is 5.69 Å². The van der Waals surface area contributed by atoms with Crippen molar-refractivity contribution in [1.82, 2.24) is 0 Å². The fraction of sp³-hybridized carbons (Fsp3) is 0.300. The van der Waals surface area contributed by atoms with Crippen LogP contribution in [0.1, 0.15) is 0 Å². The van der Waals surface area contributed by atoms with Gasteiger partial charge in [-0.2, -0.15) is 0 Å². The Labute approximate surface area is 87.5 Å². The van der Waals surface area contributed by atoms with E-state index in [4.69, 9.17) is 14.9 Å². The van der Waals surface area contributed by atoms with Gasteiger partial charge in [0.05, 0.1) is 20.3 Å². The van der Waals surface area contributed by atoms with Crippen molar-refractivity contribution in [2.75, 3.05) is 25.2 Å². The number of aliphatic hydroxyl groups excluding tert-OH is 1. The zero-order valence-corrected chi connectivity index (χ0v) is 8.38. The third-order valence-corrected chi connectivity index (χ3v) is 1.94. The molecule has 82 valence electrons.